The van der Waals surface area contributed by atoms with Crippen LogP contribution in [0.25, 0.3) is 28.2 Å². The molecule has 0 amide bonds. The largest absolute Gasteiger partial charge is 0.329 e. The topological polar surface area (TPSA) is 91.6 Å². The summed E-state index contributed by atoms with van der Waals surface area (Å²) in [5.41, 5.74) is 7.60. The van der Waals surface area contributed by atoms with Gasteiger partial charge in [0.25, 0.3) is 10.0 Å². The van der Waals surface area contributed by atoms with E-state index in [1.165, 1.54) is 10.4 Å². The van der Waals surface area contributed by atoms with Crippen LogP contribution in [0.4, 0.5) is 15.8 Å². The first-order valence-electron chi connectivity index (χ1n) is 12.6. The van der Waals surface area contributed by atoms with Crippen LogP contribution in [0.15, 0.2) is 113 Å². The van der Waals surface area contributed by atoms with Crippen molar-refractivity contribution in [1.82, 2.24) is 15.2 Å². The summed E-state index contributed by atoms with van der Waals surface area (Å²) in [7, 11) is -2.20. The molecule has 8 nitrogen and oxygen atoms in total. The van der Waals surface area contributed by atoms with Gasteiger partial charge in [-0.05, 0) is 48.1 Å². The maximum atomic E-state index is 13.8. The van der Waals surface area contributed by atoms with Crippen LogP contribution >= 0.6 is 12.2 Å². The fourth-order valence-corrected chi connectivity index (χ4v) is 6.23. The molecule has 0 bridgehead atoms. The summed E-state index contributed by atoms with van der Waals surface area (Å²) in [5.74, 6) is -0.418. The van der Waals surface area contributed by atoms with E-state index in [0.717, 1.165) is 16.8 Å². The molecule has 0 atom stereocenters. The number of hydrazone groups is 1. The minimum atomic E-state index is -3.76. The highest BCUT2D eigenvalue weighted by atomic mass is 32.2. The van der Waals surface area contributed by atoms with Crippen molar-refractivity contribution >= 4 is 44.9 Å². The number of para-hydroxylation sites is 1. The molecule has 0 spiro atoms. The lowest BCUT2D eigenvalue weighted by Crippen LogP contribution is -2.30. The van der Waals surface area contributed by atoms with E-state index in [1.54, 1.807) is 54.3 Å². The van der Waals surface area contributed by atoms with Gasteiger partial charge in [-0.15, -0.1) is 0 Å². The Balaban J connectivity index is 1.33. The fraction of sp³-hybridized carbons (Fsp3) is 0.0333. The van der Waals surface area contributed by atoms with Crippen molar-refractivity contribution < 1.29 is 12.8 Å². The molecule has 5 aromatic rings. The first-order chi connectivity index (χ1) is 19.8. The average molecular weight is 583 g/mol. The summed E-state index contributed by atoms with van der Waals surface area (Å²) in [6, 6.07) is 30.2. The van der Waals surface area contributed by atoms with Gasteiger partial charge in [-0.1, -0.05) is 72.8 Å². The molecule has 11 heteroatoms. The van der Waals surface area contributed by atoms with Gasteiger partial charge >= 0.3 is 0 Å². The molecule has 0 saturated carbocycles. The number of nitrogens with one attached hydrogen (secondary N) is 2. The van der Waals surface area contributed by atoms with Gasteiger partial charge in [0.15, 0.2) is 5.11 Å². The summed E-state index contributed by atoms with van der Waals surface area (Å²) >= 11 is 5.19. The van der Waals surface area contributed by atoms with Gasteiger partial charge in [0.05, 0.1) is 28.2 Å². The lowest BCUT2D eigenvalue weighted by molar-refractivity contribution is 0.594. The molecule has 1 aromatic heterocycles. The molecule has 204 valence electrons. The molecule has 1 aliphatic heterocycles. The van der Waals surface area contributed by atoms with Crippen molar-refractivity contribution in [3.05, 3.63) is 115 Å². The molecule has 4 aromatic carbocycles. The molecule has 6 rings (SSSR count). The van der Waals surface area contributed by atoms with Crippen LogP contribution in [0.2, 0.25) is 0 Å². The van der Waals surface area contributed by atoms with Gasteiger partial charge in [-0.25, -0.2) is 17.5 Å². The normalized spacial score (nSPS) is 13.5. The zero-order valence-electron chi connectivity index (χ0n) is 21.7. The number of anilines is 2. The Morgan fingerprint density at radius 1 is 0.927 bits per heavy atom. The number of thiocarbonyl (C=S) groups is 1. The molecule has 2 N–H and O–H groups in total. The third kappa shape index (κ3) is 4.85. The minimum Gasteiger partial charge on any atom is -0.329 e. The summed E-state index contributed by atoms with van der Waals surface area (Å²) in [6.45, 7) is 0. The van der Waals surface area contributed by atoms with Gasteiger partial charge in [-0.2, -0.15) is 10.2 Å². The Labute approximate surface area is 241 Å². The first-order valence-corrected chi connectivity index (χ1v) is 14.4. The number of hydrogen-bond acceptors (Lipinski definition) is 5. The minimum absolute atomic E-state index is 0.150. The monoisotopic (exact) mass is 582 g/mol. The van der Waals surface area contributed by atoms with Crippen molar-refractivity contribution in [3.63, 3.8) is 0 Å². The average Bonchev–Trinajstić information content (AvgIpc) is 3.39. The predicted molar refractivity (Wildman–Crippen MR) is 163 cm³/mol. The van der Waals surface area contributed by atoms with Gasteiger partial charge in [0.1, 0.15) is 17.2 Å². The molecule has 0 saturated heterocycles. The van der Waals surface area contributed by atoms with Crippen LogP contribution in [0.5, 0.6) is 0 Å². The van der Waals surface area contributed by atoms with Crippen LogP contribution in [0, 0.1) is 5.82 Å². The number of benzene rings is 4. The third-order valence-corrected chi connectivity index (χ3v) is 8.65. The van der Waals surface area contributed by atoms with Gasteiger partial charge in [0, 0.05) is 18.2 Å². The molecule has 0 fully saturated rings. The van der Waals surface area contributed by atoms with Crippen molar-refractivity contribution in [1.29, 1.82) is 0 Å². The predicted octanol–water partition coefficient (Wildman–Crippen LogP) is 5.80. The highest BCUT2D eigenvalue weighted by molar-refractivity contribution is 7.93. The number of halogens is 1. The second kappa shape index (κ2) is 10.6. The first kappa shape index (κ1) is 26.4. The summed E-state index contributed by atoms with van der Waals surface area (Å²) in [5, 5.41) is 12.0. The number of rotatable bonds is 5. The van der Waals surface area contributed by atoms with E-state index in [9.17, 15) is 12.8 Å². The third-order valence-electron chi connectivity index (χ3n) is 6.64. The zero-order valence-corrected chi connectivity index (χ0v) is 23.3. The molecule has 0 radical (unpaired) electrons. The molecule has 41 heavy (non-hydrogen) atoms. The van der Waals surface area contributed by atoms with Crippen molar-refractivity contribution in [3.8, 4) is 28.2 Å². The Bertz CT molecular complexity index is 1910. The maximum absolute atomic E-state index is 13.8. The van der Waals surface area contributed by atoms with E-state index in [2.05, 4.69) is 15.8 Å². The number of nitrogens with zero attached hydrogens (tertiary/aromatic N) is 4. The molecule has 1 aliphatic rings. The maximum Gasteiger partial charge on any atom is 0.264 e. The Kier molecular flexibility index (Phi) is 6.82. The van der Waals surface area contributed by atoms with E-state index in [4.69, 9.17) is 17.3 Å². The highest BCUT2D eigenvalue weighted by Gasteiger charge is 2.38. The second-order valence-electron chi connectivity index (χ2n) is 9.19. The molecule has 2 heterocycles. The molecular weight excluding hydrogens is 560 g/mol. The quantitative estimate of drug-likeness (QED) is 0.155. The van der Waals surface area contributed by atoms with Crippen LogP contribution in [-0.4, -0.2) is 36.6 Å². The number of fused-ring (bicyclic) bond motifs is 3. The number of hydrogen-bond donors (Lipinski definition) is 2. The van der Waals surface area contributed by atoms with Crippen molar-refractivity contribution in [2.75, 3.05) is 16.7 Å². The van der Waals surface area contributed by atoms with Crippen molar-refractivity contribution in [2.45, 2.75) is 4.90 Å². The molecule has 0 unspecified atom stereocenters. The van der Waals surface area contributed by atoms with Crippen LogP contribution < -0.4 is 15.0 Å². The van der Waals surface area contributed by atoms with E-state index in [1.807, 2.05) is 60.7 Å². The van der Waals surface area contributed by atoms with Gasteiger partial charge in [-0.3, -0.25) is 9.73 Å². The fourth-order valence-electron chi connectivity index (χ4n) is 4.67. The smallest absolute Gasteiger partial charge is 0.264 e. The highest BCUT2D eigenvalue weighted by Crippen LogP contribution is 2.47. The second-order valence-corrected chi connectivity index (χ2v) is 11.5. The lowest BCUT2D eigenvalue weighted by atomic mass is 10.1. The van der Waals surface area contributed by atoms with E-state index < -0.39 is 15.8 Å². The number of sulfonamides is 1. The van der Waals surface area contributed by atoms with Crippen LogP contribution in [0.1, 0.15) is 5.56 Å². The molecule has 0 aliphatic carbocycles. The Morgan fingerprint density at radius 3 is 2.37 bits per heavy atom. The summed E-state index contributed by atoms with van der Waals surface area (Å²) in [6.07, 6.45) is 1.59. The molecular formula is C30H23FN6O2S2. The summed E-state index contributed by atoms with van der Waals surface area (Å²) < 4.78 is 43.8. The van der Waals surface area contributed by atoms with E-state index in [0.29, 0.717) is 22.6 Å². The van der Waals surface area contributed by atoms with Crippen LogP contribution in [0.3, 0.4) is 0 Å². The van der Waals surface area contributed by atoms with Crippen molar-refractivity contribution in [2.24, 2.45) is 5.10 Å². The zero-order chi connectivity index (χ0) is 28.6. The van der Waals surface area contributed by atoms with E-state index >= 15 is 0 Å². The lowest BCUT2D eigenvalue weighted by Gasteiger charge is -2.26. The summed E-state index contributed by atoms with van der Waals surface area (Å²) in [4.78, 5) is 0.223. The standard InChI is InChI=1S/C30H23FN6O2S2/c1-36-29-27(23-11-5-8-14-26(23)41(36,38)39)35-37(28(29)21-9-3-2-4-10-21)22-17-15-20(16-18-22)19-32-34-30(40)33-25-13-7-6-12-24(25)31/h2-19H,1H3,(H2,33,34,40)/b32-19+. The van der Waals surface area contributed by atoms with Gasteiger partial charge < -0.3 is 5.32 Å². The van der Waals surface area contributed by atoms with E-state index in [-0.39, 0.29) is 15.7 Å². The number of aromatic nitrogens is 2. The SMILES string of the molecule is CN1c2c(nn(-c3ccc(/C=N/NC(=S)Nc4ccccc4F)cc3)c2-c2ccccc2)-c2ccccc2S1(=O)=O. The van der Waals surface area contributed by atoms with Crippen LogP contribution in [-0.2, 0) is 10.0 Å². The Morgan fingerprint density at radius 2 is 1.61 bits per heavy atom. The van der Waals surface area contributed by atoms with Gasteiger partial charge in [0.2, 0.25) is 0 Å². The Hall–Kier alpha value is -4.87.